The van der Waals surface area contributed by atoms with E-state index in [4.69, 9.17) is 4.74 Å². The van der Waals surface area contributed by atoms with Gasteiger partial charge < -0.3 is 9.64 Å². The fourth-order valence-corrected chi connectivity index (χ4v) is 3.61. The summed E-state index contributed by atoms with van der Waals surface area (Å²) in [5, 5.41) is 0. The molecule has 2 aromatic carbocycles. The first-order valence-electron chi connectivity index (χ1n) is 8.05. The van der Waals surface area contributed by atoms with Gasteiger partial charge in [-0.1, -0.05) is 30.3 Å². The monoisotopic (exact) mass is 322 g/mol. The van der Waals surface area contributed by atoms with E-state index >= 15 is 0 Å². The number of carbonyl (C=O) groups is 2. The number of benzene rings is 2. The summed E-state index contributed by atoms with van der Waals surface area (Å²) in [6.45, 7) is 0.767. The maximum absolute atomic E-state index is 13.0. The lowest BCUT2D eigenvalue weighted by molar-refractivity contribution is -0.121. The standard InChI is InChI=1S/C19H18N2O3/c1-24-17-9-5-4-8-15(17)21-18(22)12-16(19(21)23)20-11-10-13-6-2-3-7-14(13)20/h2-9,16H,10-12H2,1H3/t16-/m1/s1. The normalized spacial score (nSPS) is 19.8. The first-order valence-corrected chi connectivity index (χ1v) is 8.05. The van der Waals surface area contributed by atoms with Gasteiger partial charge in [0.2, 0.25) is 5.91 Å². The van der Waals surface area contributed by atoms with E-state index in [2.05, 4.69) is 11.0 Å². The second kappa shape index (κ2) is 5.67. The highest BCUT2D eigenvalue weighted by molar-refractivity contribution is 6.24. The molecule has 0 spiro atoms. The average Bonchev–Trinajstić information content (AvgIpc) is 3.15. The van der Waals surface area contributed by atoms with Crippen molar-refractivity contribution in [2.45, 2.75) is 18.9 Å². The summed E-state index contributed by atoms with van der Waals surface area (Å²) >= 11 is 0. The summed E-state index contributed by atoms with van der Waals surface area (Å²) in [6.07, 6.45) is 1.11. The summed E-state index contributed by atoms with van der Waals surface area (Å²) in [7, 11) is 1.54. The van der Waals surface area contributed by atoms with Crippen molar-refractivity contribution in [3.63, 3.8) is 0 Å². The molecule has 1 fully saturated rings. The predicted molar refractivity (Wildman–Crippen MR) is 91.4 cm³/mol. The number of fused-ring (bicyclic) bond motifs is 1. The van der Waals surface area contributed by atoms with E-state index in [0.717, 1.165) is 18.7 Å². The number of para-hydroxylation sites is 3. The Hall–Kier alpha value is -2.82. The van der Waals surface area contributed by atoms with Crippen LogP contribution in [0.15, 0.2) is 48.5 Å². The summed E-state index contributed by atoms with van der Waals surface area (Å²) < 4.78 is 5.31. The highest BCUT2D eigenvalue weighted by atomic mass is 16.5. The van der Waals surface area contributed by atoms with E-state index in [0.29, 0.717) is 11.4 Å². The molecular weight excluding hydrogens is 304 g/mol. The molecule has 0 unspecified atom stereocenters. The van der Waals surface area contributed by atoms with Crippen LogP contribution in [0.25, 0.3) is 0 Å². The first-order chi connectivity index (χ1) is 11.7. The Balaban J connectivity index is 1.68. The molecule has 5 heteroatoms. The van der Waals surface area contributed by atoms with Gasteiger partial charge in [-0.05, 0) is 30.2 Å². The Bertz CT molecular complexity index is 818. The molecule has 4 rings (SSSR count). The Morgan fingerprint density at radius 2 is 1.71 bits per heavy atom. The van der Waals surface area contributed by atoms with E-state index in [1.54, 1.807) is 18.2 Å². The van der Waals surface area contributed by atoms with Crippen molar-refractivity contribution in [1.82, 2.24) is 0 Å². The number of anilines is 2. The molecule has 2 aliphatic heterocycles. The zero-order chi connectivity index (χ0) is 16.7. The third-order valence-electron chi connectivity index (χ3n) is 4.75. The number of rotatable bonds is 3. The summed E-state index contributed by atoms with van der Waals surface area (Å²) in [5.74, 6) is 0.168. The Labute approximate surface area is 140 Å². The van der Waals surface area contributed by atoms with E-state index in [9.17, 15) is 9.59 Å². The number of ether oxygens (including phenoxy) is 1. The Morgan fingerprint density at radius 1 is 1.00 bits per heavy atom. The molecule has 2 amide bonds. The zero-order valence-electron chi connectivity index (χ0n) is 13.4. The van der Waals surface area contributed by atoms with Gasteiger partial charge in [0.1, 0.15) is 11.8 Å². The summed E-state index contributed by atoms with van der Waals surface area (Å²) in [6, 6.07) is 14.8. The smallest absolute Gasteiger partial charge is 0.257 e. The van der Waals surface area contributed by atoms with Crippen LogP contribution in [-0.4, -0.2) is 31.5 Å². The minimum atomic E-state index is -0.439. The number of carbonyl (C=O) groups excluding carboxylic acids is 2. The molecule has 0 saturated carbocycles. The van der Waals surface area contributed by atoms with Crippen molar-refractivity contribution in [2.24, 2.45) is 0 Å². The van der Waals surface area contributed by atoms with Crippen molar-refractivity contribution >= 4 is 23.2 Å². The highest BCUT2D eigenvalue weighted by Crippen LogP contribution is 2.36. The van der Waals surface area contributed by atoms with Crippen LogP contribution >= 0.6 is 0 Å². The molecule has 2 aliphatic rings. The maximum atomic E-state index is 13.0. The third-order valence-corrected chi connectivity index (χ3v) is 4.75. The molecule has 2 aromatic rings. The summed E-state index contributed by atoms with van der Waals surface area (Å²) in [5.41, 5.74) is 2.81. The molecule has 122 valence electrons. The van der Waals surface area contributed by atoms with Crippen molar-refractivity contribution in [3.8, 4) is 5.75 Å². The van der Waals surface area contributed by atoms with E-state index < -0.39 is 6.04 Å². The first kappa shape index (κ1) is 14.8. The fourth-order valence-electron chi connectivity index (χ4n) is 3.61. The van der Waals surface area contributed by atoms with Crippen molar-refractivity contribution in [1.29, 1.82) is 0 Å². The Morgan fingerprint density at radius 3 is 2.50 bits per heavy atom. The van der Waals surface area contributed by atoms with E-state index in [1.165, 1.54) is 17.6 Å². The van der Waals surface area contributed by atoms with Crippen molar-refractivity contribution in [3.05, 3.63) is 54.1 Å². The van der Waals surface area contributed by atoms with Crippen LogP contribution in [0.4, 0.5) is 11.4 Å². The molecule has 2 heterocycles. The van der Waals surface area contributed by atoms with Crippen LogP contribution in [0.2, 0.25) is 0 Å². The van der Waals surface area contributed by atoms with E-state index in [1.807, 2.05) is 24.3 Å². The predicted octanol–water partition coefficient (Wildman–Crippen LogP) is 2.39. The number of nitrogens with zero attached hydrogens (tertiary/aromatic N) is 2. The highest BCUT2D eigenvalue weighted by Gasteiger charge is 2.45. The van der Waals surface area contributed by atoms with Gasteiger partial charge in [-0.2, -0.15) is 0 Å². The van der Waals surface area contributed by atoms with Crippen molar-refractivity contribution < 1.29 is 14.3 Å². The lowest BCUT2D eigenvalue weighted by atomic mass is 10.1. The minimum Gasteiger partial charge on any atom is -0.495 e. The molecular formula is C19H18N2O3. The number of methoxy groups -OCH3 is 1. The lowest BCUT2D eigenvalue weighted by Gasteiger charge is -2.25. The number of hydrogen-bond acceptors (Lipinski definition) is 4. The zero-order valence-corrected chi connectivity index (χ0v) is 13.4. The molecule has 1 atom stereocenters. The third kappa shape index (κ3) is 2.16. The maximum Gasteiger partial charge on any atom is 0.257 e. The van der Waals surface area contributed by atoms with Crippen LogP contribution in [0.3, 0.4) is 0 Å². The summed E-state index contributed by atoms with van der Waals surface area (Å²) in [4.78, 5) is 28.9. The fraction of sp³-hybridized carbons (Fsp3) is 0.263. The van der Waals surface area contributed by atoms with Gasteiger partial charge in [-0.15, -0.1) is 0 Å². The van der Waals surface area contributed by atoms with Crippen LogP contribution in [0.5, 0.6) is 5.75 Å². The van der Waals surface area contributed by atoms with E-state index in [-0.39, 0.29) is 18.2 Å². The number of amides is 2. The molecule has 0 aromatic heterocycles. The number of hydrogen-bond donors (Lipinski definition) is 0. The van der Waals surface area contributed by atoms with Crippen LogP contribution in [0, 0.1) is 0 Å². The molecule has 1 saturated heterocycles. The quantitative estimate of drug-likeness (QED) is 0.814. The lowest BCUT2D eigenvalue weighted by Crippen LogP contribution is -2.41. The van der Waals surface area contributed by atoms with Gasteiger partial charge in [0.25, 0.3) is 5.91 Å². The SMILES string of the molecule is COc1ccccc1N1C(=O)C[C@@H](N2CCc3ccccc32)C1=O. The van der Waals surface area contributed by atoms with Gasteiger partial charge in [0, 0.05) is 12.2 Å². The second-order valence-electron chi connectivity index (χ2n) is 6.03. The van der Waals surface area contributed by atoms with Gasteiger partial charge in [0.15, 0.2) is 0 Å². The molecule has 0 bridgehead atoms. The van der Waals surface area contributed by atoms with Gasteiger partial charge in [-0.3, -0.25) is 9.59 Å². The molecule has 0 radical (unpaired) electrons. The van der Waals surface area contributed by atoms with Crippen LogP contribution in [0.1, 0.15) is 12.0 Å². The topological polar surface area (TPSA) is 49.9 Å². The van der Waals surface area contributed by atoms with Gasteiger partial charge in [-0.25, -0.2) is 4.90 Å². The largest absolute Gasteiger partial charge is 0.495 e. The molecule has 0 N–H and O–H groups in total. The second-order valence-corrected chi connectivity index (χ2v) is 6.03. The minimum absolute atomic E-state index is 0.179. The molecule has 5 nitrogen and oxygen atoms in total. The van der Waals surface area contributed by atoms with Gasteiger partial charge >= 0.3 is 0 Å². The van der Waals surface area contributed by atoms with Crippen LogP contribution < -0.4 is 14.5 Å². The van der Waals surface area contributed by atoms with Gasteiger partial charge in [0.05, 0.1) is 19.2 Å². The number of imide groups is 1. The van der Waals surface area contributed by atoms with Crippen molar-refractivity contribution in [2.75, 3.05) is 23.5 Å². The Kier molecular flexibility index (Phi) is 3.49. The molecule has 24 heavy (non-hydrogen) atoms. The van der Waals surface area contributed by atoms with Crippen LogP contribution in [-0.2, 0) is 16.0 Å². The molecule has 0 aliphatic carbocycles. The average molecular weight is 322 g/mol.